The Morgan fingerprint density at radius 3 is 2.71 bits per heavy atom. The number of carbonyl (C=O) groups excluding carboxylic acids is 2. The topological polar surface area (TPSA) is 55.4 Å². The molecule has 0 unspecified atom stereocenters. The number of fused-ring (bicyclic) bond motifs is 3. The number of ether oxygens (including phenoxy) is 1. The van der Waals surface area contributed by atoms with E-state index >= 15 is 0 Å². The Morgan fingerprint density at radius 1 is 1.19 bits per heavy atom. The first-order chi connectivity index (χ1) is 10.1. The van der Waals surface area contributed by atoms with Crippen LogP contribution >= 0.6 is 22.7 Å². The molecule has 108 valence electrons. The summed E-state index contributed by atoms with van der Waals surface area (Å²) in [5, 5.41) is 3.61. The Kier molecular flexibility index (Phi) is 3.65. The van der Waals surface area contributed by atoms with Crippen LogP contribution in [0.3, 0.4) is 0 Å². The van der Waals surface area contributed by atoms with Crippen LogP contribution in [0.5, 0.6) is 0 Å². The van der Waals surface area contributed by atoms with Gasteiger partial charge in [-0.05, 0) is 19.1 Å². The zero-order valence-electron chi connectivity index (χ0n) is 11.5. The largest absolute Gasteiger partial charge is 0.448 e. The van der Waals surface area contributed by atoms with Gasteiger partial charge in [0.25, 0.3) is 5.91 Å². The zero-order valence-corrected chi connectivity index (χ0v) is 13.1. The number of thiophene rings is 2. The summed E-state index contributed by atoms with van der Waals surface area (Å²) in [5.41, 5.74) is 0. The van der Waals surface area contributed by atoms with Gasteiger partial charge in [0.1, 0.15) is 4.88 Å². The first kappa shape index (κ1) is 14.0. The monoisotopic (exact) mass is 319 g/mol. The first-order valence-corrected chi connectivity index (χ1v) is 8.07. The molecule has 0 fully saturated rings. The van der Waals surface area contributed by atoms with Crippen molar-refractivity contribution in [2.45, 2.75) is 13.0 Å². The molecule has 0 aliphatic rings. The molecule has 0 spiro atoms. The van der Waals surface area contributed by atoms with Gasteiger partial charge in [-0.3, -0.25) is 4.79 Å². The molecule has 0 saturated heterocycles. The lowest BCUT2D eigenvalue weighted by molar-refractivity contribution is -0.128. The molecule has 0 radical (unpaired) electrons. The fourth-order valence-corrected chi connectivity index (χ4v) is 4.48. The molecule has 4 nitrogen and oxygen atoms in total. The fraction of sp³-hybridized carbons (Fsp3) is 0.200. The van der Waals surface area contributed by atoms with Crippen LogP contribution in [0.15, 0.2) is 30.3 Å². The maximum Gasteiger partial charge on any atom is 0.349 e. The van der Waals surface area contributed by atoms with Gasteiger partial charge in [-0.2, -0.15) is 0 Å². The van der Waals surface area contributed by atoms with E-state index in [9.17, 15) is 9.59 Å². The molecule has 0 aliphatic heterocycles. The van der Waals surface area contributed by atoms with E-state index in [0.717, 1.165) is 14.8 Å². The molecule has 1 amide bonds. The van der Waals surface area contributed by atoms with Gasteiger partial charge in [-0.1, -0.05) is 18.2 Å². The molecule has 0 saturated carbocycles. The van der Waals surface area contributed by atoms with Crippen LogP contribution in [0.4, 0.5) is 0 Å². The summed E-state index contributed by atoms with van der Waals surface area (Å²) < 4.78 is 8.53. The highest BCUT2D eigenvalue weighted by molar-refractivity contribution is 7.33. The quantitative estimate of drug-likeness (QED) is 0.753. The highest BCUT2D eigenvalue weighted by Gasteiger charge is 2.20. The van der Waals surface area contributed by atoms with Crippen LogP contribution in [0.2, 0.25) is 0 Å². The summed E-state index contributed by atoms with van der Waals surface area (Å²) in [6.45, 7) is 1.56. The Hall–Kier alpha value is -1.92. The number of hydrogen-bond donors (Lipinski definition) is 1. The second kappa shape index (κ2) is 5.46. The van der Waals surface area contributed by atoms with Gasteiger partial charge in [0, 0.05) is 21.8 Å². The van der Waals surface area contributed by atoms with E-state index in [4.69, 9.17) is 4.74 Å². The zero-order chi connectivity index (χ0) is 15.0. The average molecular weight is 319 g/mol. The smallest absolute Gasteiger partial charge is 0.349 e. The highest BCUT2D eigenvalue weighted by Crippen LogP contribution is 2.39. The van der Waals surface area contributed by atoms with Crippen LogP contribution in [0.1, 0.15) is 16.6 Å². The maximum atomic E-state index is 12.1. The minimum Gasteiger partial charge on any atom is -0.448 e. The number of benzene rings is 1. The molecule has 0 bridgehead atoms. The van der Waals surface area contributed by atoms with Crippen molar-refractivity contribution in [3.05, 3.63) is 35.2 Å². The lowest BCUT2D eigenvalue weighted by Gasteiger charge is -2.10. The predicted octanol–water partition coefficient (Wildman–Crippen LogP) is 3.41. The second-order valence-corrected chi connectivity index (χ2v) is 6.70. The van der Waals surface area contributed by atoms with Gasteiger partial charge >= 0.3 is 5.97 Å². The van der Waals surface area contributed by atoms with E-state index in [1.54, 1.807) is 18.3 Å². The third kappa shape index (κ3) is 2.52. The summed E-state index contributed by atoms with van der Waals surface area (Å²) >= 11 is 3.06. The third-order valence-electron chi connectivity index (χ3n) is 3.15. The number of rotatable bonds is 3. The van der Waals surface area contributed by atoms with Crippen LogP contribution in [-0.2, 0) is 9.53 Å². The summed E-state index contributed by atoms with van der Waals surface area (Å²) in [7, 11) is 1.51. The van der Waals surface area contributed by atoms with E-state index in [0.29, 0.717) is 4.88 Å². The van der Waals surface area contributed by atoms with Crippen LogP contribution in [0, 0.1) is 0 Å². The summed E-state index contributed by atoms with van der Waals surface area (Å²) in [4.78, 5) is 24.0. The highest BCUT2D eigenvalue weighted by atomic mass is 32.1. The van der Waals surface area contributed by atoms with Crippen molar-refractivity contribution in [2.75, 3.05) is 7.05 Å². The van der Waals surface area contributed by atoms with Crippen molar-refractivity contribution in [1.29, 1.82) is 0 Å². The van der Waals surface area contributed by atoms with E-state index in [-0.39, 0.29) is 5.91 Å². The number of likely N-dealkylation sites (N-methyl/N-ethyl adjacent to an activating group) is 1. The van der Waals surface area contributed by atoms with Gasteiger partial charge < -0.3 is 10.1 Å². The number of amides is 1. The Bertz CT molecular complexity index is 834. The van der Waals surface area contributed by atoms with Gasteiger partial charge in [0.05, 0.1) is 4.70 Å². The van der Waals surface area contributed by atoms with Gasteiger partial charge in [0.2, 0.25) is 0 Å². The summed E-state index contributed by atoms with van der Waals surface area (Å²) in [6.07, 6.45) is -0.792. The average Bonchev–Trinajstić information content (AvgIpc) is 3.03. The molecule has 2 aromatic heterocycles. The molecule has 21 heavy (non-hydrogen) atoms. The van der Waals surface area contributed by atoms with E-state index in [1.807, 2.05) is 24.3 Å². The standard InChI is InChI=1S/C15H13NO3S2/c1-8(14(17)16-2)19-15(18)12-7-11-13(21-12)9-5-3-4-6-10(9)20-11/h3-8H,1-2H3,(H,16,17)/t8-/m1/s1. The predicted molar refractivity (Wildman–Crippen MR) is 86.2 cm³/mol. The number of hydrogen-bond acceptors (Lipinski definition) is 5. The van der Waals surface area contributed by atoms with Crippen molar-refractivity contribution in [3.8, 4) is 0 Å². The molecule has 0 aliphatic carbocycles. The van der Waals surface area contributed by atoms with Gasteiger partial charge in [-0.25, -0.2) is 4.79 Å². The number of nitrogens with one attached hydrogen (secondary N) is 1. The number of esters is 1. The summed E-state index contributed by atoms with van der Waals surface area (Å²) in [5.74, 6) is -0.768. The second-order valence-electron chi connectivity index (χ2n) is 4.56. The van der Waals surface area contributed by atoms with Crippen molar-refractivity contribution in [2.24, 2.45) is 0 Å². The van der Waals surface area contributed by atoms with E-state index in [2.05, 4.69) is 11.4 Å². The molecular formula is C15H13NO3S2. The third-order valence-corrected chi connectivity index (χ3v) is 5.55. The van der Waals surface area contributed by atoms with Crippen molar-refractivity contribution in [3.63, 3.8) is 0 Å². The van der Waals surface area contributed by atoms with E-state index in [1.165, 1.54) is 23.1 Å². The lowest BCUT2D eigenvalue weighted by atomic mass is 10.2. The normalized spacial score (nSPS) is 12.5. The molecule has 2 heterocycles. The SMILES string of the molecule is CNC(=O)[C@@H](C)OC(=O)c1cc2sc3ccccc3c2s1. The first-order valence-electron chi connectivity index (χ1n) is 6.44. The minimum absolute atomic E-state index is 0.313. The molecule has 3 aromatic rings. The van der Waals surface area contributed by atoms with Gasteiger partial charge in [-0.15, -0.1) is 22.7 Å². The van der Waals surface area contributed by atoms with Crippen molar-refractivity contribution < 1.29 is 14.3 Å². The van der Waals surface area contributed by atoms with Crippen molar-refractivity contribution in [1.82, 2.24) is 5.32 Å². The van der Waals surface area contributed by atoms with Crippen LogP contribution in [0.25, 0.3) is 19.5 Å². The molecule has 1 atom stereocenters. The van der Waals surface area contributed by atoms with Crippen LogP contribution < -0.4 is 5.32 Å². The van der Waals surface area contributed by atoms with Gasteiger partial charge in [0.15, 0.2) is 6.10 Å². The molecule has 1 aromatic carbocycles. The van der Waals surface area contributed by atoms with E-state index < -0.39 is 12.1 Å². The van der Waals surface area contributed by atoms with Crippen molar-refractivity contribution >= 4 is 54.0 Å². The Morgan fingerprint density at radius 2 is 1.95 bits per heavy atom. The molecule has 1 N–H and O–H groups in total. The molecular weight excluding hydrogens is 306 g/mol. The molecule has 3 rings (SSSR count). The fourth-order valence-electron chi connectivity index (χ4n) is 2.08. The number of carbonyl (C=O) groups is 2. The van der Waals surface area contributed by atoms with Crippen LogP contribution in [-0.4, -0.2) is 25.0 Å². The lowest BCUT2D eigenvalue weighted by Crippen LogP contribution is -2.33. The Labute approximate surface area is 129 Å². The Balaban J connectivity index is 1.91. The maximum absolute atomic E-state index is 12.1. The summed E-state index contributed by atoms with van der Waals surface area (Å²) in [6, 6.07) is 9.94. The molecule has 6 heteroatoms. The minimum atomic E-state index is -0.792.